The predicted octanol–water partition coefficient (Wildman–Crippen LogP) is 1.25. The number of hydrogen-bond acceptors (Lipinski definition) is 5. The summed E-state index contributed by atoms with van der Waals surface area (Å²) in [6.07, 6.45) is 0. The lowest BCUT2D eigenvalue weighted by Crippen LogP contribution is -2.10. The largest absolute Gasteiger partial charge is 0.490 e. The molecule has 0 spiro atoms. The summed E-state index contributed by atoms with van der Waals surface area (Å²) in [5, 5.41) is 10.7. The van der Waals surface area contributed by atoms with Gasteiger partial charge in [-0.2, -0.15) is 5.48 Å². The van der Waals surface area contributed by atoms with Gasteiger partial charge in [-0.25, -0.2) is 0 Å². The fraction of sp³-hybridized carbons (Fsp3) is 0.333. The molecule has 0 aromatic heterocycles. The van der Waals surface area contributed by atoms with Crippen LogP contribution in [0.1, 0.15) is 5.56 Å². The molecule has 0 unspecified atom stereocenters. The van der Waals surface area contributed by atoms with Crippen LogP contribution in [0.15, 0.2) is 18.2 Å². The van der Waals surface area contributed by atoms with E-state index in [2.05, 4.69) is 10.3 Å². The maximum atomic E-state index is 10.7. The van der Waals surface area contributed by atoms with Gasteiger partial charge >= 0.3 is 5.69 Å². The SMILES string of the molecule is CONCc1ccc(OC)c([N+](=O)[O-])c1. The standard InChI is InChI=1S/C9H12N2O4/c1-14-9-4-3-7(6-10-15-2)5-8(9)11(12)13/h3-5,10H,6H2,1-2H3. The Bertz CT molecular complexity index is 354. The second-order valence-corrected chi connectivity index (χ2v) is 2.79. The maximum absolute atomic E-state index is 10.7. The van der Waals surface area contributed by atoms with Crippen molar-refractivity contribution in [2.75, 3.05) is 14.2 Å². The van der Waals surface area contributed by atoms with Crippen molar-refractivity contribution in [3.8, 4) is 5.75 Å². The third-order valence-corrected chi connectivity index (χ3v) is 1.86. The molecule has 1 aromatic carbocycles. The van der Waals surface area contributed by atoms with Crippen molar-refractivity contribution in [1.82, 2.24) is 5.48 Å². The smallest absolute Gasteiger partial charge is 0.311 e. The van der Waals surface area contributed by atoms with Crippen LogP contribution in [0.25, 0.3) is 0 Å². The highest BCUT2D eigenvalue weighted by Gasteiger charge is 2.14. The van der Waals surface area contributed by atoms with Crippen LogP contribution >= 0.6 is 0 Å². The van der Waals surface area contributed by atoms with Gasteiger partial charge < -0.3 is 9.57 Å². The molecule has 1 rings (SSSR count). The van der Waals surface area contributed by atoms with Crippen LogP contribution in [-0.2, 0) is 11.4 Å². The van der Waals surface area contributed by atoms with Gasteiger partial charge in [0.1, 0.15) is 0 Å². The first-order valence-corrected chi connectivity index (χ1v) is 4.26. The van der Waals surface area contributed by atoms with Gasteiger partial charge in [-0.1, -0.05) is 6.07 Å². The Morgan fingerprint density at radius 3 is 2.73 bits per heavy atom. The van der Waals surface area contributed by atoms with Gasteiger partial charge in [0.25, 0.3) is 0 Å². The molecule has 0 atom stereocenters. The zero-order valence-electron chi connectivity index (χ0n) is 8.52. The Morgan fingerprint density at radius 2 is 2.20 bits per heavy atom. The van der Waals surface area contributed by atoms with Crippen molar-refractivity contribution < 1.29 is 14.5 Å². The Morgan fingerprint density at radius 1 is 1.47 bits per heavy atom. The number of methoxy groups -OCH3 is 1. The summed E-state index contributed by atoms with van der Waals surface area (Å²) >= 11 is 0. The highest BCUT2D eigenvalue weighted by molar-refractivity contribution is 5.48. The summed E-state index contributed by atoms with van der Waals surface area (Å²) in [4.78, 5) is 14.9. The summed E-state index contributed by atoms with van der Waals surface area (Å²) in [7, 11) is 2.88. The van der Waals surface area contributed by atoms with Crippen LogP contribution < -0.4 is 10.2 Å². The lowest BCUT2D eigenvalue weighted by atomic mass is 10.2. The average molecular weight is 212 g/mol. The molecule has 0 bridgehead atoms. The molecule has 0 aliphatic rings. The van der Waals surface area contributed by atoms with E-state index in [-0.39, 0.29) is 11.4 Å². The van der Waals surface area contributed by atoms with E-state index in [0.29, 0.717) is 6.54 Å². The van der Waals surface area contributed by atoms with Gasteiger partial charge in [0.05, 0.1) is 19.1 Å². The molecule has 6 nitrogen and oxygen atoms in total. The first-order valence-electron chi connectivity index (χ1n) is 4.26. The van der Waals surface area contributed by atoms with Gasteiger partial charge in [-0.05, 0) is 11.6 Å². The second kappa shape index (κ2) is 5.28. The van der Waals surface area contributed by atoms with Gasteiger partial charge in [0, 0.05) is 12.6 Å². The van der Waals surface area contributed by atoms with E-state index in [4.69, 9.17) is 4.74 Å². The minimum atomic E-state index is -0.477. The van der Waals surface area contributed by atoms with Crippen molar-refractivity contribution in [1.29, 1.82) is 0 Å². The molecular weight excluding hydrogens is 200 g/mol. The molecule has 0 heterocycles. The Balaban J connectivity index is 2.94. The summed E-state index contributed by atoms with van der Waals surface area (Å²) in [5.74, 6) is 0.251. The number of nitro benzene ring substituents is 1. The van der Waals surface area contributed by atoms with Crippen LogP contribution in [0.2, 0.25) is 0 Å². The van der Waals surface area contributed by atoms with E-state index < -0.39 is 4.92 Å². The highest BCUT2D eigenvalue weighted by atomic mass is 16.6. The number of hydrogen-bond donors (Lipinski definition) is 1. The van der Waals surface area contributed by atoms with Crippen LogP contribution in [0.3, 0.4) is 0 Å². The molecule has 0 fully saturated rings. The number of benzene rings is 1. The topological polar surface area (TPSA) is 73.6 Å². The van der Waals surface area contributed by atoms with Crippen LogP contribution in [-0.4, -0.2) is 19.1 Å². The third kappa shape index (κ3) is 2.90. The van der Waals surface area contributed by atoms with Crippen LogP contribution in [0.4, 0.5) is 5.69 Å². The molecule has 0 aliphatic carbocycles. The zero-order valence-corrected chi connectivity index (χ0v) is 8.52. The number of hydroxylamine groups is 1. The van der Waals surface area contributed by atoms with E-state index in [1.165, 1.54) is 20.3 Å². The molecule has 82 valence electrons. The van der Waals surface area contributed by atoms with E-state index >= 15 is 0 Å². The van der Waals surface area contributed by atoms with Crippen molar-refractivity contribution in [3.05, 3.63) is 33.9 Å². The third-order valence-electron chi connectivity index (χ3n) is 1.86. The average Bonchev–Trinajstić information content (AvgIpc) is 2.25. The Hall–Kier alpha value is -1.66. The zero-order chi connectivity index (χ0) is 11.3. The van der Waals surface area contributed by atoms with E-state index in [0.717, 1.165) is 5.56 Å². The lowest BCUT2D eigenvalue weighted by molar-refractivity contribution is -0.385. The monoisotopic (exact) mass is 212 g/mol. The predicted molar refractivity (Wildman–Crippen MR) is 53.5 cm³/mol. The quantitative estimate of drug-likeness (QED) is 0.587. The van der Waals surface area contributed by atoms with Gasteiger partial charge in [0.2, 0.25) is 0 Å². The fourth-order valence-corrected chi connectivity index (χ4v) is 1.14. The lowest BCUT2D eigenvalue weighted by Gasteiger charge is -2.05. The Kier molecular flexibility index (Phi) is 4.02. The first kappa shape index (κ1) is 11.4. The minimum Gasteiger partial charge on any atom is -0.490 e. The Labute approximate surface area is 86.9 Å². The van der Waals surface area contributed by atoms with Crippen LogP contribution in [0, 0.1) is 10.1 Å². The van der Waals surface area contributed by atoms with Crippen LogP contribution in [0.5, 0.6) is 5.75 Å². The minimum absolute atomic E-state index is 0.0482. The summed E-state index contributed by atoms with van der Waals surface area (Å²) in [5.41, 5.74) is 3.31. The molecule has 1 N–H and O–H groups in total. The molecule has 6 heteroatoms. The summed E-state index contributed by atoms with van der Waals surface area (Å²) in [6.45, 7) is 0.404. The van der Waals surface area contributed by atoms with E-state index in [1.54, 1.807) is 12.1 Å². The molecule has 1 aromatic rings. The molecule has 0 amide bonds. The van der Waals surface area contributed by atoms with Gasteiger partial charge in [-0.3, -0.25) is 10.1 Å². The summed E-state index contributed by atoms with van der Waals surface area (Å²) < 4.78 is 4.87. The number of rotatable bonds is 5. The molecule has 0 saturated carbocycles. The van der Waals surface area contributed by atoms with Gasteiger partial charge in [0.15, 0.2) is 5.75 Å². The normalized spacial score (nSPS) is 10.0. The number of nitrogens with one attached hydrogen (secondary N) is 1. The van der Waals surface area contributed by atoms with Crippen molar-refractivity contribution in [2.45, 2.75) is 6.54 Å². The van der Waals surface area contributed by atoms with E-state index in [1.807, 2.05) is 0 Å². The maximum Gasteiger partial charge on any atom is 0.311 e. The number of nitro groups is 1. The first-order chi connectivity index (χ1) is 7.19. The van der Waals surface area contributed by atoms with Crippen molar-refractivity contribution in [2.24, 2.45) is 0 Å². The number of nitrogens with zero attached hydrogens (tertiary/aromatic N) is 1. The molecule has 15 heavy (non-hydrogen) atoms. The van der Waals surface area contributed by atoms with Crippen molar-refractivity contribution in [3.63, 3.8) is 0 Å². The molecule has 0 radical (unpaired) electrons. The molecular formula is C9H12N2O4. The summed E-state index contributed by atoms with van der Waals surface area (Å²) in [6, 6.07) is 4.74. The van der Waals surface area contributed by atoms with Crippen molar-refractivity contribution >= 4 is 5.69 Å². The second-order valence-electron chi connectivity index (χ2n) is 2.79. The highest BCUT2D eigenvalue weighted by Crippen LogP contribution is 2.27. The fourth-order valence-electron chi connectivity index (χ4n) is 1.14. The molecule has 0 saturated heterocycles. The van der Waals surface area contributed by atoms with E-state index in [9.17, 15) is 10.1 Å². The van der Waals surface area contributed by atoms with Gasteiger partial charge in [-0.15, -0.1) is 0 Å². The molecule has 0 aliphatic heterocycles. The number of ether oxygens (including phenoxy) is 1.